The van der Waals surface area contributed by atoms with E-state index in [0.29, 0.717) is 0 Å². The van der Waals surface area contributed by atoms with Crippen LogP contribution in [0.1, 0.15) is 19.8 Å². The molecule has 0 heterocycles. The fourth-order valence-corrected chi connectivity index (χ4v) is 1.98. The maximum Gasteiger partial charge on any atom is 0.394 e. The van der Waals surface area contributed by atoms with Gasteiger partial charge in [0.2, 0.25) is 11.8 Å². The summed E-state index contributed by atoms with van der Waals surface area (Å²) in [6.07, 6.45) is -0.342. The van der Waals surface area contributed by atoms with Gasteiger partial charge in [-0.25, -0.2) is 0 Å². The molecule has 0 aliphatic carbocycles. The normalized spacial score (nSPS) is 12.6. The zero-order valence-electron chi connectivity index (χ0n) is 14.5. The van der Waals surface area contributed by atoms with Crippen LogP contribution in [0.25, 0.3) is 0 Å². The summed E-state index contributed by atoms with van der Waals surface area (Å²) in [5.74, 6) is -3.95. The predicted octanol–water partition coefficient (Wildman–Crippen LogP) is -2.51. The second-order valence-corrected chi connectivity index (χ2v) is 7.06. The zero-order chi connectivity index (χ0) is 22.5. The van der Waals surface area contributed by atoms with Crippen molar-refractivity contribution in [2.45, 2.75) is 31.8 Å². The van der Waals surface area contributed by atoms with Crippen molar-refractivity contribution >= 4 is 51.0 Å². The van der Waals surface area contributed by atoms with E-state index in [-0.39, 0.29) is 23.7 Å². The number of nitrogens with two attached hydrogens (primary N) is 1. The van der Waals surface area contributed by atoms with Crippen molar-refractivity contribution in [3.8, 4) is 0 Å². The van der Waals surface area contributed by atoms with Gasteiger partial charge in [0.15, 0.2) is 5.12 Å². The molecular weight excluding hydrogens is 426 g/mol. The number of aliphatic carboxylic acids is 2. The van der Waals surface area contributed by atoms with Crippen LogP contribution in [-0.2, 0) is 34.4 Å². The molecule has 0 saturated heterocycles. The lowest BCUT2D eigenvalue weighted by Gasteiger charge is -2.17. The Bertz CT molecular complexity index is 672. The van der Waals surface area contributed by atoms with E-state index in [1.165, 1.54) is 6.92 Å². The highest BCUT2D eigenvalue weighted by Crippen LogP contribution is 2.05. The Hall–Kier alpha value is -2.27. The molecular formula is C12H21N3O11S2. The molecule has 8 N–H and O–H groups in total. The van der Waals surface area contributed by atoms with Gasteiger partial charge >= 0.3 is 22.3 Å². The number of carbonyl (C=O) groups is 5. The first-order valence-corrected chi connectivity index (χ1v) is 9.62. The molecule has 2 amide bonds. The molecule has 0 aliphatic rings. The molecule has 0 unspecified atom stereocenters. The fraction of sp³-hybridized carbons (Fsp3) is 0.583. The average molecular weight is 447 g/mol. The second kappa shape index (κ2) is 13.8. The Kier molecular flexibility index (Phi) is 13.8. The molecule has 0 aromatic carbocycles. The summed E-state index contributed by atoms with van der Waals surface area (Å²) >= 11 is 0.793. The molecule has 162 valence electrons. The summed E-state index contributed by atoms with van der Waals surface area (Å²) < 4.78 is 31.6. The second-order valence-electron chi connectivity index (χ2n) is 4.97. The topological polar surface area (TPSA) is 250 Å². The molecule has 0 spiro atoms. The van der Waals surface area contributed by atoms with E-state index in [1.807, 2.05) is 0 Å². The van der Waals surface area contributed by atoms with Gasteiger partial charge in [-0.05, 0) is 6.42 Å². The van der Waals surface area contributed by atoms with E-state index >= 15 is 0 Å². The van der Waals surface area contributed by atoms with Crippen LogP contribution >= 0.6 is 11.8 Å². The van der Waals surface area contributed by atoms with E-state index in [0.717, 1.165) is 11.8 Å². The summed E-state index contributed by atoms with van der Waals surface area (Å²) in [5, 5.41) is 21.3. The number of carbonyl (C=O) groups excluding carboxylic acids is 3. The molecule has 0 rings (SSSR count). The highest BCUT2D eigenvalue weighted by Gasteiger charge is 2.23. The predicted molar refractivity (Wildman–Crippen MR) is 94.7 cm³/mol. The largest absolute Gasteiger partial charge is 0.480 e. The number of nitrogens with one attached hydrogen (secondary N) is 2. The Morgan fingerprint density at radius 3 is 2.00 bits per heavy atom. The smallest absolute Gasteiger partial charge is 0.394 e. The standard InChI is InChI=1S/C12H19N3O7S.H2O4S/c1-6(16)23-5-8(11(20)14-4-10(18)19)15-9(17)3-2-7(13)12(21)22;1-5(2,3)4/h7-8H,2-5,13H2,1H3,(H,14,20)(H,15,17)(H,18,19)(H,21,22);(H2,1,2,3,4)/t7-,8-;/m0./s1. The third kappa shape index (κ3) is 20.0. The summed E-state index contributed by atoms with van der Waals surface area (Å²) in [6, 6.07) is -2.32. The maximum atomic E-state index is 11.8. The molecule has 0 aromatic heterocycles. The van der Waals surface area contributed by atoms with E-state index in [9.17, 15) is 24.0 Å². The van der Waals surface area contributed by atoms with Crippen molar-refractivity contribution in [1.29, 1.82) is 0 Å². The van der Waals surface area contributed by atoms with Crippen LogP contribution in [0.5, 0.6) is 0 Å². The number of rotatable bonds is 10. The van der Waals surface area contributed by atoms with E-state index in [2.05, 4.69) is 10.6 Å². The highest BCUT2D eigenvalue weighted by atomic mass is 32.3. The van der Waals surface area contributed by atoms with Gasteiger partial charge in [-0.1, -0.05) is 11.8 Å². The number of hydrogen-bond donors (Lipinski definition) is 7. The average Bonchev–Trinajstić information content (AvgIpc) is 2.52. The lowest BCUT2D eigenvalue weighted by atomic mass is 10.1. The van der Waals surface area contributed by atoms with E-state index in [4.69, 9.17) is 33.5 Å². The number of carboxylic acids is 2. The van der Waals surface area contributed by atoms with Gasteiger partial charge in [-0.3, -0.25) is 33.1 Å². The number of hydrogen-bond acceptors (Lipinski definition) is 9. The number of carboxylic acid groups (broad SMARTS) is 2. The molecule has 14 nitrogen and oxygen atoms in total. The van der Waals surface area contributed by atoms with Gasteiger partial charge in [0, 0.05) is 19.1 Å². The van der Waals surface area contributed by atoms with Crippen molar-refractivity contribution in [3.63, 3.8) is 0 Å². The third-order valence-electron chi connectivity index (χ3n) is 2.52. The molecule has 0 aliphatic heterocycles. The molecule has 0 aromatic rings. The fourth-order valence-electron chi connectivity index (χ4n) is 1.35. The van der Waals surface area contributed by atoms with Crippen molar-refractivity contribution in [2.24, 2.45) is 5.73 Å². The van der Waals surface area contributed by atoms with Gasteiger partial charge in [-0.15, -0.1) is 0 Å². The summed E-state index contributed by atoms with van der Waals surface area (Å²) in [5.41, 5.74) is 5.26. The van der Waals surface area contributed by atoms with Crippen LogP contribution in [0.15, 0.2) is 0 Å². The van der Waals surface area contributed by atoms with E-state index in [1.54, 1.807) is 0 Å². The van der Waals surface area contributed by atoms with Crippen LogP contribution in [0.4, 0.5) is 0 Å². The minimum absolute atomic E-state index is 0.0719. The summed E-state index contributed by atoms with van der Waals surface area (Å²) in [6.45, 7) is 0.657. The molecule has 0 radical (unpaired) electrons. The van der Waals surface area contributed by atoms with Gasteiger partial charge in [0.25, 0.3) is 0 Å². The van der Waals surface area contributed by atoms with Crippen LogP contribution in [0.2, 0.25) is 0 Å². The quantitative estimate of drug-likeness (QED) is 0.171. The first kappa shape index (κ1) is 27.9. The first-order chi connectivity index (χ1) is 12.6. The number of amides is 2. The van der Waals surface area contributed by atoms with Crippen molar-refractivity contribution < 1.29 is 51.7 Å². The summed E-state index contributed by atoms with van der Waals surface area (Å²) in [7, 11) is -4.67. The van der Waals surface area contributed by atoms with Crippen molar-refractivity contribution in [1.82, 2.24) is 10.6 Å². The Labute approximate surface area is 163 Å². The maximum absolute atomic E-state index is 11.8. The third-order valence-corrected chi connectivity index (χ3v) is 3.42. The molecule has 0 saturated carbocycles. The van der Waals surface area contributed by atoms with Crippen LogP contribution in [0.3, 0.4) is 0 Å². The Morgan fingerprint density at radius 1 is 1.11 bits per heavy atom. The molecule has 0 bridgehead atoms. The van der Waals surface area contributed by atoms with Gasteiger partial charge in [0.05, 0.1) is 0 Å². The van der Waals surface area contributed by atoms with Crippen LogP contribution < -0.4 is 16.4 Å². The van der Waals surface area contributed by atoms with Gasteiger partial charge < -0.3 is 26.6 Å². The lowest BCUT2D eigenvalue weighted by Crippen LogP contribution is -2.49. The highest BCUT2D eigenvalue weighted by molar-refractivity contribution is 8.13. The minimum Gasteiger partial charge on any atom is -0.480 e. The van der Waals surface area contributed by atoms with E-state index < -0.39 is 52.8 Å². The zero-order valence-corrected chi connectivity index (χ0v) is 16.2. The van der Waals surface area contributed by atoms with Crippen LogP contribution in [0, 0.1) is 0 Å². The van der Waals surface area contributed by atoms with Crippen LogP contribution in [-0.4, -0.2) is 81.0 Å². The Morgan fingerprint density at radius 2 is 1.61 bits per heavy atom. The molecule has 2 atom stereocenters. The minimum atomic E-state index is -4.67. The molecule has 0 fully saturated rings. The van der Waals surface area contributed by atoms with Crippen molar-refractivity contribution in [3.05, 3.63) is 0 Å². The van der Waals surface area contributed by atoms with Gasteiger partial charge in [0.1, 0.15) is 18.6 Å². The SMILES string of the molecule is CC(=O)SC[C@H](NC(=O)CC[C@H](N)C(=O)O)C(=O)NCC(=O)O.O=S(=O)(O)O. The monoisotopic (exact) mass is 447 g/mol. The molecule has 28 heavy (non-hydrogen) atoms. The first-order valence-electron chi connectivity index (χ1n) is 7.24. The lowest BCUT2D eigenvalue weighted by molar-refractivity contribution is -0.139. The molecule has 16 heteroatoms. The Balaban J connectivity index is 0. The summed E-state index contributed by atoms with van der Waals surface area (Å²) in [4.78, 5) is 55.5. The van der Waals surface area contributed by atoms with Crippen molar-refractivity contribution in [2.75, 3.05) is 12.3 Å². The number of thioether (sulfide) groups is 1. The van der Waals surface area contributed by atoms with Gasteiger partial charge in [-0.2, -0.15) is 8.42 Å².